The van der Waals surface area contributed by atoms with Crippen LogP contribution in [0.5, 0.6) is 0 Å². The number of ether oxygens (including phenoxy) is 1. The Morgan fingerprint density at radius 3 is 2.76 bits per heavy atom. The molecule has 1 saturated heterocycles. The minimum Gasteiger partial charge on any atom is -0.381 e. The lowest BCUT2D eigenvalue weighted by molar-refractivity contribution is -0.0312. The monoisotopic (exact) mass is 462 g/mol. The van der Waals surface area contributed by atoms with Crippen LogP contribution in [0, 0.1) is 5.92 Å². The van der Waals surface area contributed by atoms with Crippen molar-refractivity contribution in [3.05, 3.63) is 75.6 Å². The summed E-state index contributed by atoms with van der Waals surface area (Å²) in [7, 11) is 1.88. The van der Waals surface area contributed by atoms with Gasteiger partial charge in [-0.3, -0.25) is 14.6 Å². The van der Waals surface area contributed by atoms with E-state index < -0.39 is 0 Å². The van der Waals surface area contributed by atoms with E-state index in [1.165, 1.54) is 5.56 Å². The topological polar surface area (TPSA) is 88.9 Å². The van der Waals surface area contributed by atoms with Gasteiger partial charge in [-0.15, -0.1) is 5.10 Å². The van der Waals surface area contributed by atoms with E-state index in [9.17, 15) is 4.79 Å². The van der Waals surface area contributed by atoms with Crippen LogP contribution in [0.15, 0.2) is 42.6 Å². The third kappa shape index (κ3) is 3.59. The smallest absolute Gasteiger partial charge is 0.255 e. The Hall–Kier alpha value is -3.23. The van der Waals surface area contributed by atoms with E-state index in [1.54, 1.807) is 10.9 Å². The number of rotatable bonds is 6. The highest BCUT2D eigenvalue weighted by Gasteiger charge is 2.38. The summed E-state index contributed by atoms with van der Waals surface area (Å²) in [5.74, 6) is 0.586. The molecule has 2 aliphatic heterocycles. The molecule has 33 heavy (non-hydrogen) atoms. The fourth-order valence-electron chi connectivity index (χ4n) is 4.84. The van der Waals surface area contributed by atoms with Gasteiger partial charge in [-0.25, -0.2) is 0 Å². The highest BCUT2D eigenvalue weighted by atomic mass is 35.5. The molecule has 2 aromatic carbocycles. The third-order valence-electron chi connectivity index (χ3n) is 6.71. The van der Waals surface area contributed by atoms with Gasteiger partial charge in [0.2, 0.25) is 0 Å². The Labute approximate surface area is 195 Å². The zero-order valence-corrected chi connectivity index (χ0v) is 18.9. The second-order valence-electron chi connectivity index (χ2n) is 8.91. The van der Waals surface area contributed by atoms with E-state index in [1.807, 2.05) is 36.2 Å². The summed E-state index contributed by atoms with van der Waals surface area (Å²) in [6.07, 6.45) is 3.21. The Balaban J connectivity index is 1.37. The molecule has 4 aromatic rings. The van der Waals surface area contributed by atoms with Crippen molar-refractivity contribution in [3.63, 3.8) is 0 Å². The molecule has 0 radical (unpaired) electrons. The highest BCUT2D eigenvalue weighted by Crippen LogP contribution is 2.39. The van der Waals surface area contributed by atoms with Crippen LogP contribution in [0.25, 0.3) is 11.0 Å². The van der Waals surface area contributed by atoms with Crippen LogP contribution in [-0.2, 0) is 31.2 Å². The van der Waals surface area contributed by atoms with Gasteiger partial charge in [-0.1, -0.05) is 35.0 Å². The van der Waals surface area contributed by atoms with Gasteiger partial charge in [0.15, 0.2) is 0 Å². The van der Waals surface area contributed by atoms with Gasteiger partial charge in [0.25, 0.3) is 5.91 Å². The summed E-state index contributed by atoms with van der Waals surface area (Å²) in [6, 6.07) is 12.1. The van der Waals surface area contributed by atoms with Crippen molar-refractivity contribution in [2.24, 2.45) is 13.0 Å². The molecule has 9 heteroatoms. The summed E-state index contributed by atoms with van der Waals surface area (Å²) >= 11 is 6.45. The van der Waals surface area contributed by atoms with Crippen molar-refractivity contribution < 1.29 is 9.53 Å². The molecule has 2 aromatic heterocycles. The van der Waals surface area contributed by atoms with E-state index in [0.717, 1.165) is 53.1 Å². The molecule has 1 atom stereocenters. The third-order valence-corrected chi connectivity index (χ3v) is 7.03. The first-order valence-corrected chi connectivity index (χ1v) is 11.4. The minimum atomic E-state index is -0.133. The van der Waals surface area contributed by atoms with Crippen molar-refractivity contribution >= 4 is 28.5 Å². The molecule has 1 unspecified atom stereocenters. The molecule has 4 heterocycles. The summed E-state index contributed by atoms with van der Waals surface area (Å²) in [4.78, 5) is 15.5. The number of aromatic nitrogens is 5. The standard InChI is InChI=1S/C24H23ClN6O2/c1-30-23(19(25)10-26-30)9-22-18-7-14(6-16-12-33-13-16)2-4-17(18)24(32)31(22)11-15-3-5-20-21(8-15)28-29-27-20/h2-5,7-8,10,16,22H,6,9,11-13H2,1H3,(H,27,28,29). The first-order chi connectivity index (χ1) is 16.1. The number of amides is 1. The molecule has 1 N–H and O–H groups in total. The van der Waals surface area contributed by atoms with Crippen LogP contribution in [0.1, 0.15) is 38.8 Å². The van der Waals surface area contributed by atoms with Gasteiger partial charge in [-0.05, 0) is 41.3 Å². The molecule has 0 bridgehead atoms. The second kappa shape index (κ2) is 7.97. The number of nitrogens with one attached hydrogen (secondary N) is 1. The van der Waals surface area contributed by atoms with Gasteiger partial charge >= 0.3 is 0 Å². The predicted molar refractivity (Wildman–Crippen MR) is 123 cm³/mol. The number of aromatic amines is 1. The summed E-state index contributed by atoms with van der Waals surface area (Å²) in [5, 5.41) is 15.8. The van der Waals surface area contributed by atoms with Crippen molar-refractivity contribution in [2.45, 2.75) is 25.4 Å². The van der Waals surface area contributed by atoms with Crippen LogP contribution in [0.4, 0.5) is 0 Å². The zero-order valence-electron chi connectivity index (χ0n) is 18.2. The van der Waals surface area contributed by atoms with Crippen LogP contribution < -0.4 is 0 Å². The van der Waals surface area contributed by atoms with Crippen LogP contribution >= 0.6 is 11.6 Å². The van der Waals surface area contributed by atoms with Gasteiger partial charge in [0.1, 0.15) is 5.52 Å². The lowest BCUT2D eigenvalue weighted by Crippen LogP contribution is -2.29. The maximum absolute atomic E-state index is 13.5. The molecule has 2 aliphatic rings. The van der Waals surface area contributed by atoms with Crippen LogP contribution in [-0.4, -0.2) is 49.2 Å². The number of carbonyl (C=O) groups excluding carboxylic acids is 1. The quantitative estimate of drug-likeness (QED) is 0.474. The lowest BCUT2D eigenvalue weighted by atomic mass is 9.93. The Kier molecular flexibility index (Phi) is 4.92. The number of H-pyrrole nitrogens is 1. The highest BCUT2D eigenvalue weighted by molar-refractivity contribution is 6.31. The van der Waals surface area contributed by atoms with E-state index in [0.29, 0.717) is 23.9 Å². The molecule has 1 amide bonds. The summed E-state index contributed by atoms with van der Waals surface area (Å²) in [6.45, 7) is 2.09. The maximum Gasteiger partial charge on any atom is 0.255 e. The SMILES string of the molecule is Cn1ncc(Cl)c1CC1c2cc(CC3COC3)ccc2C(=O)N1Cc1ccc2[nH]nnc2c1. The van der Waals surface area contributed by atoms with Crippen molar-refractivity contribution in [2.75, 3.05) is 13.2 Å². The van der Waals surface area contributed by atoms with E-state index in [4.69, 9.17) is 16.3 Å². The number of fused-ring (bicyclic) bond motifs is 2. The molecular formula is C24H23ClN6O2. The van der Waals surface area contributed by atoms with Crippen LogP contribution in [0.3, 0.4) is 0 Å². The molecule has 0 spiro atoms. The Morgan fingerprint density at radius 2 is 2.00 bits per heavy atom. The molecule has 6 rings (SSSR count). The Bertz CT molecular complexity index is 1340. The maximum atomic E-state index is 13.5. The number of hydrogen-bond acceptors (Lipinski definition) is 5. The van der Waals surface area contributed by atoms with E-state index in [2.05, 4.69) is 32.6 Å². The molecule has 1 fully saturated rings. The van der Waals surface area contributed by atoms with Crippen LogP contribution in [0.2, 0.25) is 5.02 Å². The second-order valence-corrected chi connectivity index (χ2v) is 9.32. The van der Waals surface area contributed by atoms with Crippen molar-refractivity contribution in [1.29, 1.82) is 0 Å². The van der Waals surface area contributed by atoms with Gasteiger partial charge in [0, 0.05) is 31.5 Å². The zero-order chi connectivity index (χ0) is 22.5. The average molecular weight is 463 g/mol. The fourth-order valence-corrected chi connectivity index (χ4v) is 5.09. The molecule has 168 valence electrons. The number of hydrogen-bond donors (Lipinski definition) is 1. The number of halogens is 1. The number of aryl methyl sites for hydroxylation is 1. The van der Waals surface area contributed by atoms with Crippen molar-refractivity contribution in [3.8, 4) is 0 Å². The first-order valence-electron chi connectivity index (χ1n) is 11.0. The summed E-state index contributed by atoms with van der Waals surface area (Å²) < 4.78 is 7.14. The number of nitrogens with zero attached hydrogens (tertiary/aromatic N) is 5. The molecular weight excluding hydrogens is 440 g/mol. The van der Waals surface area contributed by atoms with E-state index >= 15 is 0 Å². The molecule has 0 saturated carbocycles. The average Bonchev–Trinajstić information content (AvgIpc) is 3.45. The van der Waals surface area contributed by atoms with Gasteiger partial charge in [-0.2, -0.15) is 5.10 Å². The molecule has 8 nitrogen and oxygen atoms in total. The number of carbonyl (C=O) groups is 1. The number of benzene rings is 2. The normalized spacial score (nSPS) is 18.2. The van der Waals surface area contributed by atoms with E-state index in [-0.39, 0.29) is 11.9 Å². The summed E-state index contributed by atoms with van der Waals surface area (Å²) in [5.41, 5.74) is 6.63. The fraction of sp³-hybridized carbons (Fsp3) is 0.333. The van der Waals surface area contributed by atoms with Gasteiger partial charge in [0.05, 0.1) is 41.7 Å². The predicted octanol–water partition coefficient (Wildman–Crippen LogP) is 3.47. The van der Waals surface area contributed by atoms with Gasteiger partial charge < -0.3 is 9.64 Å². The van der Waals surface area contributed by atoms with Crippen molar-refractivity contribution in [1.82, 2.24) is 30.1 Å². The minimum absolute atomic E-state index is 0.0343. The largest absolute Gasteiger partial charge is 0.381 e. The molecule has 0 aliphatic carbocycles. The Morgan fingerprint density at radius 1 is 1.15 bits per heavy atom. The lowest BCUT2D eigenvalue weighted by Gasteiger charge is -2.27. The first kappa shape index (κ1) is 20.4.